The number of aromatic nitrogens is 2. The van der Waals surface area contributed by atoms with Crippen LogP contribution in [-0.2, 0) is 6.42 Å². The third-order valence-electron chi connectivity index (χ3n) is 4.49. The van der Waals surface area contributed by atoms with E-state index in [2.05, 4.69) is 48.1 Å². The van der Waals surface area contributed by atoms with Crippen molar-refractivity contribution in [3.05, 3.63) is 35.8 Å². The average molecular weight is 360 g/mol. The molecule has 26 heavy (non-hydrogen) atoms. The van der Waals surface area contributed by atoms with Crippen molar-refractivity contribution < 1.29 is 5.11 Å². The molecule has 0 aliphatic heterocycles. The molecule has 6 heteroatoms. The van der Waals surface area contributed by atoms with Crippen LogP contribution in [0.1, 0.15) is 44.4 Å². The average Bonchev–Trinajstić information content (AvgIpc) is 3.04. The fraction of sp³-hybridized carbons (Fsp3) is 0.600. The first-order chi connectivity index (χ1) is 12.7. The first-order valence-electron chi connectivity index (χ1n) is 9.74. The van der Waals surface area contributed by atoms with E-state index < -0.39 is 0 Å². The van der Waals surface area contributed by atoms with Gasteiger partial charge in [0.1, 0.15) is 5.65 Å². The molecule has 2 aromatic rings. The molecule has 0 amide bonds. The first-order valence-corrected chi connectivity index (χ1v) is 9.74. The Hall–Kier alpha value is -2.08. The molecule has 0 radical (unpaired) electrons. The van der Waals surface area contributed by atoms with Crippen LogP contribution >= 0.6 is 0 Å². The van der Waals surface area contributed by atoms with Gasteiger partial charge in [-0.25, -0.2) is 4.98 Å². The summed E-state index contributed by atoms with van der Waals surface area (Å²) >= 11 is 0. The van der Waals surface area contributed by atoms with Crippen molar-refractivity contribution in [2.75, 3.05) is 26.2 Å². The topological polar surface area (TPSA) is 74.0 Å². The summed E-state index contributed by atoms with van der Waals surface area (Å²) in [6.07, 6.45) is 8.01. The SMILES string of the molecule is CCCC(CCO)CN=C(NCC)NCCc1cn2cccc(C)c2n1. The summed E-state index contributed by atoms with van der Waals surface area (Å²) in [7, 11) is 0. The number of nitrogens with one attached hydrogen (secondary N) is 2. The van der Waals surface area contributed by atoms with E-state index in [-0.39, 0.29) is 6.61 Å². The largest absolute Gasteiger partial charge is 0.396 e. The number of guanidine groups is 1. The highest BCUT2D eigenvalue weighted by Gasteiger charge is 2.08. The van der Waals surface area contributed by atoms with Crippen LogP contribution in [0.3, 0.4) is 0 Å². The van der Waals surface area contributed by atoms with Crippen LogP contribution in [0.5, 0.6) is 0 Å². The van der Waals surface area contributed by atoms with Gasteiger partial charge in [-0.1, -0.05) is 19.4 Å². The van der Waals surface area contributed by atoms with Crippen molar-refractivity contribution in [1.82, 2.24) is 20.0 Å². The molecule has 0 aliphatic rings. The fourth-order valence-corrected chi connectivity index (χ4v) is 3.11. The lowest BCUT2D eigenvalue weighted by atomic mass is 10.0. The minimum atomic E-state index is 0.234. The Labute approximate surface area is 156 Å². The molecule has 1 atom stereocenters. The Morgan fingerprint density at radius 1 is 1.31 bits per heavy atom. The van der Waals surface area contributed by atoms with Crippen molar-refractivity contribution >= 4 is 11.6 Å². The molecule has 2 rings (SSSR count). The summed E-state index contributed by atoms with van der Waals surface area (Å²) in [6, 6.07) is 4.13. The molecule has 0 aliphatic carbocycles. The minimum Gasteiger partial charge on any atom is -0.396 e. The minimum absolute atomic E-state index is 0.234. The Morgan fingerprint density at radius 2 is 2.15 bits per heavy atom. The maximum atomic E-state index is 9.19. The summed E-state index contributed by atoms with van der Waals surface area (Å²) in [6.45, 7) is 8.92. The number of fused-ring (bicyclic) bond motifs is 1. The number of hydrogen-bond acceptors (Lipinski definition) is 3. The molecule has 0 saturated carbocycles. The van der Waals surface area contributed by atoms with E-state index in [9.17, 15) is 5.11 Å². The second kappa shape index (κ2) is 10.8. The quantitative estimate of drug-likeness (QED) is 0.450. The third kappa shape index (κ3) is 6.02. The van der Waals surface area contributed by atoms with Gasteiger partial charge in [-0.3, -0.25) is 4.99 Å². The predicted molar refractivity (Wildman–Crippen MR) is 108 cm³/mol. The van der Waals surface area contributed by atoms with E-state index in [1.165, 1.54) is 5.56 Å². The number of hydrogen-bond donors (Lipinski definition) is 3. The van der Waals surface area contributed by atoms with E-state index in [4.69, 9.17) is 9.98 Å². The normalized spacial score (nSPS) is 13.2. The summed E-state index contributed by atoms with van der Waals surface area (Å²) in [5.74, 6) is 1.29. The van der Waals surface area contributed by atoms with Crippen molar-refractivity contribution in [2.45, 2.75) is 46.5 Å². The standard InChI is InChI=1S/C20H33N5O/c1-4-7-17(10-13-26)14-23-20(21-5-2)22-11-9-18-15-25-12-6-8-16(3)19(25)24-18/h6,8,12,15,17,26H,4-5,7,9-11,13-14H2,1-3H3,(H2,21,22,23). The molecular formula is C20H33N5O. The van der Waals surface area contributed by atoms with Gasteiger partial charge in [-0.05, 0) is 44.2 Å². The second-order valence-corrected chi connectivity index (χ2v) is 6.72. The lowest BCUT2D eigenvalue weighted by molar-refractivity contribution is 0.253. The molecule has 3 N–H and O–H groups in total. The molecule has 0 spiro atoms. The van der Waals surface area contributed by atoms with Crippen LogP contribution in [0.15, 0.2) is 29.5 Å². The molecule has 0 bridgehead atoms. The monoisotopic (exact) mass is 359 g/mol. The van der Waals surface area contributed by atoms with Gasteiger partial charge in [0.25, 0.3) is 0 Å². The number of aliphatic imine (C=N–C) groups is 1. The van der Waals surface area contributed by atoms with E-state index in [0.717, 1.165) is 62.6 Å². The number of aryl methyl sites for hydroxylation is 1. The molecule has 1 unspecified atom stereocenters. The first kappa shape index (κ1) is 20.2. The highest BCUT2D eigenvalue weighted by Crippen LogP contribution is 2.11. The number of aliphatic hydroxyl groups is 1. The Balaban J connectivity index is 1.90. The summed E-state index contributed by atoms with van der Waals surface area (Å²) in [5.41, 5.74) is 3.29. The van der Waals surface area contributed by atoms with E-state index >= 15 is 0 Å². The Morgan fingerprint density at radius 3 is 2.85 bits per heavy atom. The van der Waals surface area contributed by atoms with Crippen molar-refractivity contribution in [1.29, 1.82) is 0 Å². The summed E-state index contributed by atoms with van der Waals surface area (Å²) in [4.78, 5) is 9.41. The number of pyridine rings is 1. The summed E-state index contributed by atoms with van der Waals surface area (Å²) < 4.78 is 2.08. The maximum Gasteiger partial charge on any atom is 0.191 e. The maximum absolute atomic E-state index is 9.19. The molecule has 0 fully saturated rings. The van der Waals surface area contributed by atoms with E-state index in [0.29, 0.717) is 5.92 Å². The molecule has 2 aromatic heterocycles. The lowest BCUT2D eigenvalue weighted by Gasteiger charge is -2.15. The highest BCUT2D eigenvalue weighted by molar-refractivity contribution is 5.79. The summed E-state index contributed by atoms with van der Waals surface area (Å²) in [5, 5.41) is 15.9. The second-order valence-electron chi connectivity index (χ2n) is 6.72. The highest BCUT2D eigenvalue weighted by atomic mass is 16.3. The van der Waals surface area contributed by atoms with Gasteiger partial charge in [-0.15, -0.1) is 0 Å². The van der Waals surface area contributed by atoms with Crippen molar-refractivity contribution in [3.8, 4) is 0 Å². The molecule has 0 saturated heterocycles. The van der Waals surface area contributed by atoms with Gasteiger partial charge in [0, 0.05) is 45.1 Å². The van der Waals surface area contributed by atoms with Gasteiger partial charge in [0.05, 0.1) is 5.69 Å². The van der Waals surface area contributed by atoms with Gasteiger partial charge in [0.15, 0.2) is 5.96 Å². The lowest BCUT2D eigenvalue weighted by Crippen LogP contribution is -2.38. The van der Waals surface area contributed by atoms with Crippen LogP contribution in [0.25, 0.3) is 5.65 Å². The van der Waals surface area contributed by atoms with Crippen LogP contribution in [0.2, 0.25) is 0 Å². The van der Waals surface area contributed by atoms with Gasteiger partial charge in [-0.2, -0.15) is 0 Å². The van der Waals surface area contributed by atoms with Crippen LogP contribution < -0.4 is 10.6 Å². The molecule has 6 nitrogen and oxygen atoms in total. The number of nitrogens with zero attached hydrogens (tertiary/aromatic N) is 3. The van der Waals surface area contributed by atoms with Gasteiger partial charge in [0.2, 0.25) is 0 Å². The molecule has 2 heterocycles. The third-order valence-corrected chi connectivity index (χ3v) is 4.49. The zero-order chi connectivity index (χ0) is 18.8. The van der Waals surface area contributed by atoms with Crippen LogP contribution in [-0.4, -0.2) is 46.7 Å². The molecule has 144 valence electrons. The Bertz CT molecular complexity index is 689. The van der Waals surface area contributed by atoms with E-state index in [1.807, 2.05) is 12.3 Å². The zero-order valence-corrected chi connectivity index (χ0v) is 16.3. The van der Waals surface area contributed by atoms with Crippen molar-refractivity contribution in [2.24, 2.45) is 10.9 Å². The number of imidazole rings is 1. The zero-order valence-electron chi connectivity index (χ0n) is 16.3. The number of aliphatic hydroxyl groups excluding tert-OH is 1. The Kier molecular flexibility index (Phi) is 8.41. The van der Waals surface area contributed by atoms with Crippen LogP contribution in [0, 0.1) is 12.8 Å². The fourth-order valence-electron chi connectivity index (χ4n) is 3.11. The van der Waals surface area contributed by atoms with Gasteiger partial charge < -0.3 is 20.1 Å². The molecule has 0 aromatic carbocycles. The van der Waals surface area contributed by atoms with Gasteiger partial charge >= 0.3 is 0 Å². The van der Waals surface area contributed by atoms with E-state index in [1.54, 1.807) is 0 Å². The number of rotatable bonds is 10. The smallest absolute Gasteiger partial charge is 0.191 e. The predicted octanol–water partition coefficient (Wildman–Crippen LogP) is 2.54. The molecular weight excluding hydrogens is 326 g/mol. The van der Waals surface area contributed by atoms with Crippen LogP contribution in [0.4, 0.5) is 0 Å². The van der Waals surface area contributed by atoms with Crippen molar-refractivity contribution in [3.63, 3.8) is 0 Å².